The number of thioether (sulfide) groups is 1. The maximum atomic E-state index is 12.6. The number of hydrogen-bond donors (Lipinski definition) is 2. The highest BCUT2D eigenvalue weighted by atomic mass is 32.2. The fourth-order valence-corrected chi connectivity index (χ4v) is 6.48. The third-order valence-corrected chi connectivity index (χ3v) is 8.28. The van der Waals surface area contributed by atoms with E-state index in [1.807, 2.05) is 0 Å². The number of rotatable bonds is 13. The first-order valence-electron chi connectivity index (χ1n) is 10.0. The molecule has 29 heavy (non-hydrogen) atoms. The number of unbranched alkanes of at least 4 members (excludes halogenated alkanes) is 5. The number of hydrogen-bond acceptors (Lipinski definition) is 6. The Kier molecular flexibility index (Phi) is 9.39. The van der Waals surface area contributed by atoms with Crippen LogP contribution in [0.5, 0.6) is 0 Å². The molecule has 2 rings (SSSR count). The van der Waals surface area contributed by atoms with Gasteiger partial charge in [0.1, 0.15) is 6.04 Å². The number of aliphatic carboxylic acids is 1. The number of thiazole rings is 1. The molecule has 0 spiro atoms. The summed E-state index contributed by atoms with van der Waals surface area (Å²) in [4.78, 5) is 16.0. The van der Waals surface area contributed by atoms with Crippen LogP contribution in [0.2, 0.25) is 0 Å². The maximum absolute atomic E-state index is 12.6. The predicted molar refractivity (Wildman–Crippen MR) is 120 cm³/mol. The Morgan fingerprint density at radius 2 is 1.90 bits per heavy atom. The summed E-state index contributed by atoms with van der Waals surface area (Å²) < 4.78 is 29.3. The highest BCUT2D eigenvalue weighted by molar-refractivity contribution is 8.01. The number of benzene rings is 1. The van der Waals surface area contributed by atoms with Crippen LogP contribution in [0.15, 0.2) is 27.4 Å². The fraction of sp³-hybridized carbons (Fsp3) is 0.600. The standard InChI is InChI=1S/C20H30N2O4S3/c1-4-5-6-7-8-9-12-27-20-21-16-11-10-15(13-17(16)28-20)29(25,26)22-18(14(2)3)19(23)24/h10-11,13-14,18,22H,4-9,12H2,1-3H3,(H,23,24)/t18-/m1/s1. The van der Waals surface area contributed by atoms with Crippen LogP contribution in [-0.4, -0.2) is 36.3 Å². The molecule has 0 unspecified atom stereocenters. The molecule has 9 heteroatoms. The lowest BCUT2D eigenvalue weighted by Gasteiger charge is -2.17. The second-order valence-corrected chi connectivity index (χ2v) is 11.5. The van der Waals surface area contributed by atoms with Gasteiger partial charge in [-0.25, -0.2) is 13.4 Å². The summed E-state index contributed by atoms with van der Waals surface area (Å²) >= 11 is 3.18. The molecule has 1 heterocycles. The van der Waals surface area contributed by atoms with Crippen molar-refractivity contribution in [2.45, 2.75) is 74.6 Å². The van der Waals surface area contributed by atoms with E-state index < -0.39 is 22.0 Å². The smallest absolute Gasteiger partial charge is 0.322 e. The number of aromatic nitrogens is 1. The van der Waals surface area contributed by atoms with E-state index in [0.29, 0.717) is 0 Å². The van der Waals surface area contributed by atoms with Crippen molar-refractivity contribution < 1.29 is 18.3 Å². The highest BCUT2D eigenvalue weighted by Crippen LogP contribution is 2.31. The Morgan fingerprint density at radius 3 is 2.55 bits per heavy atom. The monoisotopic (exact) mass is 458 g/mol. The van der Waals surface area contributed by atoms with Gasteiger partial charge < -0.3 is 5.11 Å². The van der Waals surface area contributed by atoms with Crippen molar-refractivity contribution in [3.8, 4) is 0 Å². The van der Waals surface area contributed by atoms with E-state index in [0.717, 1.165) is 26.7 Å². The predicted octanol–water partition coefficient (Wildman–Crippen LogP) is 5.14. The highest BCUT2D eigenvalue weighted by Gasteiger charge is 2.28. The number of sulfonamides is 1. The van der Waals surface area contributed by atoms with Crippen LogP contribution in [0.25, 0.3) is 10.2 Å². The molecule has 2 N–H and O–H groups in total. The van der Waals surface area contributed by atoms with Crippen LogP contribution in [0.4, 0.5) is 0 Å². The lowest BCUT2D eigenvalue weighted by atomic mass is 10.1. The largest absolute Gasteiger partial charge is 0.480 e. The summed E-state index contributed by atoms with van der Waals surface area (Å²) in [7, 11) is -3.92. The third-order valence-electron chi connectivity index (χ3n) is 4.59. The minimum atomic E-state index is -3.92. The lowest BCUT2D eigenvalue weighted by molar-refractivity contribution is -0.140. The molecule has 6 nitrogen and oxygen atoms in total. The van der Waals surface area contributed by atoms with E-state index in [2.05, 4.69) is 16.6 Å². The van der Waals surface area contributed by atoms with E-state index in [9.17, 15) is 18.3 Å². The number of nitrogens with zero attached hydrogens (tertiary/aromatic N) is 1. The van der Waals surface area contributed by atoms with Crippen molar-refractivity contribution in [3.63, 3.8) is 0 Å². The van der Waals surface area contributed by atoms with Gasteiger partial charge in [0.25, 0.3) is 0 Å². The molecular weight excluding hydrogens is 428 g/mol. The van der Waals surface area contributed by atoms with E-state index in [4.69, 9.17) is 0 Å². The van der Waals surface area contributed by atoms with Crippen LogP contribution >= 0.6 is 23.1 Å². The van der Waals surface area contributed by atoms with Gasteiger partial charge >= 0.3 is 5.97 Å². The first-order chi connectivity index (χ1) is 13.7. The van der Waals surface area contributed by atoms with Crippen molar-refractivity contribution in [2.75, 3.05) is 5.75 Å². The van der Waals surface area contributed by atoms with Crippen LogP contribution in [0.3, 0.4) is 0 Å². The molecule has 0 saturated heterocycles. The number of carbonyl (C=O) groups is 1. The average Bonchev–Trinajstić information content (AvgIpc) is 3.07. The zero-order chi connectivity index (χ0) is 21.4. The first kappa shape index (κ1) is 24.1. The Labute approximate surface area is 181 Å². The molecule has 0 aliphatic heterocycles. The summed E-state index contributed by atoms with van der Waals surface area (Å²) in [5, 5.41) is 9.25. The maximum Gasteiger partial charge on any atom is 0.322 e. The van der Waals surface area contributed by atoms with Crippen LogP contribution in [0.1, 0.15) is 59.3 Å². The summed E-state index contributed by atoms with van der Waals surface area (Å²) in [5.74, 6) is -0.539. The molecule has 162 valence electrons. The Morgan fingerprint density at radius 1 is 1.21 bits per heavy atom. The van der Waals surface area contributed by atoms with Crippen LogP contribution < -0.4 is 4.72 Å². The van der Waals surface area contributed by atoms with E-state index in [1.165, 1.54) is 49.5 Å². The molecular formula is C20H30N2O4S3. The molecule has 0 bridgehead atoms. The molecule has 0 amide bonds. The molecule has 0 saturated carbocycles. The molecule has 1 aromatic heterocycles. The minimum absolute atomic E-state index is 0.0630. The van der Waals surface area contributed by atoms with Gasteiger partial charge in [0.15, 0.2) is 4.34 Å². The Bertz CT molecular complexity index is 910. The summed E-state index contributed by atoms with van der Waals surface area (Å²) in [6, 6.07) is 3.57. The van der Waals surface area contributed by atoms with Gasteiger partial charge in [0.05, 0.1) is 15.1 Å². The molecule has 1 aromatic carbocycles. The van der Waals surface area contributed by atoms with Gasteiger partial charge in [-0.05, 0) is 30.5 Å². The van der Waals surface area contributed by atoms with Crippen molar-refractivity contribution in [1.29, 1.82) is 0 Å². The van der Waals surface area contributed by atoms with Gasteiger partial charge in [-0.3, -0.25) is 4.79 Å². The van der Waals surface area contributed by atoms with Gasteiger partial charge in [-0.2, -0.15) is 4.72 Å². The SMILES string of the molecule is CCCCCCCCSc1nc2ccc(S(=O)(=O)N[C@@H](C(=O)O)C(C)C)cc2s1. The Balaban J connectivity index is 2.02. The fourth-order valence-electron chi connectivity index (χ4n) is 2.86. The zero-order valence-corrected chi connectivity index (χ0v) is 19.6. The van der Waals surface area contributed by atoms with E-state index in [-0.39, 0.29) is 10.8 Å². The van der Waals surface area contributed by atoms with E-state index in [1.54, 1.807) is 37.7 Å². The molecule has 0 aliphatic carbocycles. The van der Waals surface area contributed by atoms with Gasteiger partial charge in [0.2, 0.25) is 10.0 Å². The minimum Gasteiger partial charge on any atom is -0.480 e. The second-order valence-electron chi connectivity index (χ2n) is 7.41. The van der Waals surface area contributed by atoms with Gasteiger partial charge in [-0.1, -0.05) is 64.6 Å². The molecule has 0 fully saturated rings. The summed E-state index contributed by atoms with van der Waals surface area (Å²) in [6.07, 6.45) is 7.51. The van der Waals surface area contributed by atoms with Gasteiger partial charge in [-0.15, -0.1) is 11.3 Å². The quantitative estimate of drug-likeness (QED) is 0.319. The average molecular weight is 459 g/mol. The number of carboxylic acid groups (broad SMARTS) is 1. The third kappa shape index (κ3) is 7.24. The van der Waals surface area contributed by atoms with Crippen molar-refractivity contribution in [1.82, 2.24) is 9.71 Å². The number of nitrogens with one attached hydrogen (secondary N) is 1. The molecule has 1 atom stereocenters. The second kappa shape index (κ2) is 11.3. The first-order valence-corrected chi connectivity index (χ1v) is 13.3. The van der Waals surface area contributed by atoms with Gasteiger partial charge in [0, 0.05) is 5.75 Å². The summed E-state index contributed by atoms with van der Waals surface area (Å²) in [6.45, 7) is 5.55. The number of fused-ring (bicyclic) bond motifs is 1. The van der Waals surface area contributed by atoms with Crippen molar-refractivity contribution in [3.05, 3.63) is 18.2 Å². The van der Waals surface area contributed by atoms with Crippen LogP contribution in [-0.2, 0) is 14.8 Å². The van der Waals surface area contributed by atoms with Crippen LogP contribution in [0, 0.1) is 5.92 Å². The van der Waals surface area contributed by atoms with Crippen molar-refractivity contribution in [2.24, 2.45) is 5.92 Å². The molecule has 0 radical (unpaired) electrons. The molecule has 2 aromatic rings. The van der Waals surface area contributed by atoms with Crippen molar-refractivity contribution >= 4 is 49.3 Å². The summed E-state index contributed by atoms with van der Waals surface area (Å²) in [5.41, 5.74) is 0.762. The number of carboxylic acids is 1. The topological polar surface area (TPSA) is 96.4 Å². The molecule has 0 aliphatic rings. The zero-order valence-electron chi connectivity index (χ0n) is 17.2. The van der Waals surface area contributed by atoms with E-state index >= 15 is 0 Å². The normalized spacial score (nSPS) is 13.2. The Hall–Kier alpha value is -1.16. The lowest BCUT2D eigenvalue weighted by Crippen LogP contribution is -2.44.